The van der Waals surface area contributed by atoms with Crippen LogP contribution in [0, 0.1) is 5.92 Å². The predicted molar refractivity (Wildman–Crippen MR) is 132 cm³/mol. The Labute approximate surface area is 215 Å². The lowest BCUT2D eigenvalue weighted by molar-refractivity contribution is -0.140. The summed E-state index contributed by atoms with van der Waals surface area (Å²) < 4.78 is 38.4. The molecule has 6 atom stereocenters. The summed E-state index contributed by atoms with van der Waals surface area (Å²) in [5, 5.41) is 19.8. The number of carboxylic acid groups (broad SMARTS) is 1. The highest BCUT2D eigenvalue weighted by atomic mass is 32.2. The van der Waals surface area contributed by atoms with Gasteiger partial charge < -0.3 is 30.5 Å². The number of thioether (sulfide) groups is 1. The number of rotatable bonds is 12. The summed E-state index contributed by atoms with van der Waals surface area (Å²) in [4.78, 5) is 42.0. The highest BCUT2D eigenvalue weighted by molar-refractivity contribution is 8.00. The molecule has 37 heavy (non-hydrogen) atoms. The van der Waals surface area contributed by atoms with Gasteiger partial charge in [-0.05, 0) is 30.5 Å². The molecule has 13 nitrogen and oxygen atoms in total. The molecule has 2 unspecified atom stereocenters. The number of hydrogen-bond acceptors (Lipinski definition) is 10. The van der Waals surface area contributed by atoms with Crippen LogP contribution in [0.4, 0.5) is 10.2 Å². The molecule has 1 fully saturated rings. The molecule has 1 aromatic heterocycles. The van der Waals surface area contributed by atoms with Gasteiger partial charge in [-0.3, -0.25) is 9.36 Å². The molecule has 3 rings (SSSR count). The van der Waals surface area contributed by atoms with Crippen molar-refractivity contribution in [3.05, 3.63) is 47.0 Å². The number of carbonyl (C=O) groups is 1. The summed E-state index contributed by atoms with van der Waals surface area (Å²) in [5.74, 6) is -1.51. The van der Waals surface area contributed by atoms with E-state index in [1.807, 2.05) is 5.09 Å². The third-order valence-electron chi connectivity index (χ3n) is 5.22. The van der Waals surface area contributed by atoms with E-state index in [4.69, 9.17) is 15.4 Å². The Morgan fingerprint density at radius 2 is 2.00 bits per heavy atom. The van der Waals surface area contributed by atoms with Crippen molar-refractivity contribution in [1.82, 2.24) is 14.6 Å². The lowest BCUT2D eigenvalue weighted by Crippen LogP contribution is -2.36. The molecular weight excluding hydrogens is 534 g/mol. The van der Waals surface area contributed by atoms with Crippen LogP contribution in [0.25, 0.3) is 0 Å². The number of aliphatic carboxylic acids is 1. The number of anilines is 1. The van der Waals surface area contributed by atoms with Crippen LogP contribution in [0.3, 0.4) is 0 Å². The Kier molecular flexibility index (Phi) is 9.56. The van der Waals surface area contributed by atoms with Crippen LogP contribution in [0.2, 0.25) is 0 Å². The van der Waals surface area contributed by atoms with Gasteiger partial charge in [0, 0.05) is 6.20 Å². The average Bonchev–Trinajstić information content (AvgIpc) is 3.09. The second kappa shape index (κ2) is 12.2. The summed E-state index contributed by atoms with van der Waals surface area (Å²) in [7, 11) is -4.70. The second-order valence-corrected chi connectivity index (χ2v) is 11.4. The molecule has 0 radical (unpaired) electrons. The van der Waals surface area contributed by atoms with Crippen LogP contribution in [-0.4, -0.2) is 60.8 Å². The molecule has 0 bridgehead atoms. The van der Waals surface area contributed by atoms with Gasteiger partial charge in [0.05, 0.1) is 5.25 Å². The minimum atomic E-state index is -4.70. The number of nitrogens with one attached hydrogen (secondary N) is 1. The third kappa shape index (κ3) is 7.66. The average molecular weight is 563 g/mol. The van der Waals surface area contributed by atoms with Gasteiger partial charge in [-0.2, -0.15) is 4.98 Å². The number of nitrogens with two attached hydrogens (primary N) is 1. The quantitative estimate of drug-likeness (QED) is 0.143. The largest absolute Gasteiger partial charge is 0.488 e. The zero-order valence-electron chi connectivity index (χ0n) is 19.8. The SMILES string of the molecule is CC(C)CC(NP(=O)(O)OOc1ccccc1OC[C@H]1S[C@@H](n2ccc(N)nc2=O)[C@@H](F)[C@@H]1O)C(=O)O. The summed E-state index contributed by atoms with van der Waals surface area (Å²) in [6, 6.07) is 5.88. The first kappa shape index (κ1) is 28.9. The number of halogens is 1. The first-order chi connectivity index (χ1) is 17.4. The number of para-hydroxylation sites is 2. The van der Waals surface area contributed by atoms with Crippen LogP contribution in [0.15, 0.2) is 41.3 Å². The summed E-state index contributed by atoms with van der Waals surface area (Å²) in [6.45, 7) is 3.29. The normalized spacial score (nSPS) is 23.9. The zero-order valence-corrected chi connectivity index (χ0v) is 21.5. The first-order valence-electron chi connectivity index (χ1n) is 11.1. The summed E-state index contributed by atoms with van der Waals surface area (Å²) in [5.41, 5.74) is 4.71. The second-order valence-electron chi connectivity index (χ2n) is 8.63. The van der Waals surface area contributed by atoms with E-state index in [-0.39, 0.29) is 36.3 Å². The Morgan fingerprint density at radius 1 is 1.32 bits per heavy atom. The highest BCUT2D eigenvalue weighted by Gasteiger charge is 2.45. The molecule has 204 valence electrons. The predicted octanol–water partition coefficient (Wildman–Crippen LogP) is 1.72. The van der Waals surface area contributed by atoms with Gasteiger partial charge in [-0.1, -0.05) is 30.7 Å². The van der Waals surface area contributed by atoms with Gasteiger partial charge in [0.25, 0.3) is 0 Å². The highest BCUT2D eigenvalue weighted by Crippen LogP contribution is 2.44. The van der Waals surface area contributed by atoms with Crippen molar-refractivity contribution >= 4 is 31.3 Å². The van der Waals surface area contributed by atoms with E-state index < -0.39 is 48.3 Å². The van der Waals surface area contributed by atoms with Gasteiger partial charge in [-0.25, -0.2) is 18.8 Å². The van der Waals surface area contributed by atoms with Gasteiger partial charge in [-0.15, -0.1) is 11.8 Å². The van der Waals surface area contributed by atoms with Crippen molar-refractivity contribution in [3.63, 3.8) is 0 Å². The van der Waals surface area contributed by atoms with E-state index in [1.54, 1.807) is 19.9 Å². The van der Waals surface area contributed by atoms with Gasteiger partial charge >= 0.3 is 19.4 Å². The van der Waals surface area contributed by atoms with Crippen LogP contribution >= 0.6 is 19.5 Å². The molecule has 0 amide bonds. The number of benzene rings is 1. The maximum Gasteiger partial charge on any atom is 0.440 e. The smallest absolute Gasteiger partial charge is 0.440 e. The van der Waals surface area contributed by atoms with Crippen LogP contribution < -0.4 is 26.1 Å². The number of aliphatic hydroxyl groups excluding tert-OH is 1. The van der Waals surface area contributed by atoms with Crippen molar-refractivity contribution in [3.8, 4) is 11.5 Å². The molecule has 2 aromatic rings. The van der Waals surface area contributed by atoms with Crippen molar-refractivity contribution in [2.24, 2.45) is 5.92 Å². The monoisotopic (exact) mass is 562 g/mol. The Morgan fingerprint density at radius 3 is 2.62 bits per heavy atom. The number of aromatic nitrogens is 2. The number of nitrogen functional groups attached to an aromatic ring is 1. The number of carboxylic acids is 1. The van der Waals surface area contributed by atoms with Crippen molar-refractivity contribution in [2.75, 3.05) is 12.3 Å². The van der Waals surface area contributed by atoms with Gasteiger partial charge in [0.15, 0.2) is 11.9 Å². The van der Waals surface area contributed by atoms with E-state index in [0.717, 1.165) is 16.3 Å². The lowest BCUT2D eigenvalue weighted by Gasteiger charge is -2.20. The fourth-order valence-corrected chi connectivity index (χ4v) is 5.74. The van der Waals surface area contributed by atoms with Gasteiger partial charge in [0.2, 0.25) is 5.75 Å². The number of hydrogen-bond donors (Lipinski definition) is 5. The molecule has 2 heterocycles. The van der Waals surface area contributed by atoms with Crippen molar-refractivity contribution in [1.29, 1.82) is 0 Å². The molecule has 1 aromatic carbocycles. The molecule has 0 saturated carbocycles. The fourth-order valence-electron chi connectivity index (χ4n) is 3.48. The minimum Gasteiger partial charge on any atom is -0.488 e. The van der Waals surface area contributed by atoms with Gasteiger partial charge in [0.1, 0.15) is 29.9 Å². The molecular formula is C21H28FN4O9PS. The summed E-state index contributed by atoms with van der Waals surface area (Å²) in [6.07, 6.45) is -1.90. The van der Waals surface area contributed by atoms with E-state index in [2.05, 4.69) is 9.66 Å². The fraction of sp³-hybridized carbons (Fsp3) is 0.476. The van der Waals surface area contributed by atoms with Crippen LogP contribution in [0.1, 0.15) is 25.6 Å². The van der Waals surface area contributed by atoms with E-state index in [0.29, 0.717) is 0 Å². The molecule has 1 saturated heterocycles. The molecule has 1 aliphatic rings. The molecule has 0 aliphatic carbocycles. The standard InChI is InChI=1S/C21H28FN4O9PS/c1-11(2)9-12(20(28)29)25-36(31,32)35-34-14-6-4-3-5-13(14)33-10-15-18(27)17(22)19(37-15)26-8-7-16(23)24-21(26)30/h3-8,11-12,15,17-19,27H,9-10H2,1-2H3,(H,28,29)(H2,23,24,30)(H2,25,31,32)/t12?,15-,17+,18-,19-/m1/s1. The number of ether oxygens (including phenoxy) is 1. The number of alkyl halides is 1. The van der Waals surface area contributed by atoms with E-state index in [1.165, 1.54) is 30.5 Å². The molecule has 6 N–H and O–H groups in total. The first-order valence-corrected chi connectivity index (χ1v) is 13.6. The number of aliphatic hydroxyl groups is 1. The Hall–Kier alpha value is -2.68. The molecule has 16 heteroatoms. The van der Waals surface area contributed by atoms with Crippen molar-refractivity contribution < 1.29 is 43.2 Å². The third-order valence-corrected chi connectivity index (χ3v) is 7.67. The summed E-state index contributed by atoms with van der Waals surface area (Å²) >= 11 is 0.967. The van der Waals surface area contributed by atoms with E-state index in [9.17, 15) is 33.7 Å². The van der Waals surface area contributed by atoms with Crippen molar-refractivity contribution in [2.45, 2.75) is 49.2 Å². The topological polar surface area (TPSA) is 195 Å². The molecule has 1 aliphatic heterocycles. The molecule has 0 spiro atoms. The van der Waals surface area contributed by atoms with Crippen LogP contribution in [0.5, 0.6) is 11.5 Å². The zero-order chi connectivity index (χ0) is 27.3. The Balaban J connectivity index is 1.63. The maximum atomic E-state index is 14.8. The lowest BCUT2D eigenvalue weighted by atomic mass is 10.1. The maximum absolute atomic E-state index is 14.8. The number of nitrogens with zero attached hydrogens (tertiary/aromatic N) is 2. The minimum absolute atomic E-state index is 0.0139. The Bertz CT molecular complexity index is 1200. The van der Waals surface area contributed by atoms with Crippen LogP contribution in [-0.2, 0) is 14.0 Å². The van der Waals surface area contributed by atoms with E-state index >= 15 is 0 Å².